The minimum Gasteiger partial charge on any atom is -0.377 e. The number of nitrogens with one attached hydrogen (secondary N) is 2. The van der Waals surface area contributed by atoms with Gasteiger partial charge in [-0.25, -0.2) is 13.1 Å². The number of sulfonamides is 1. The first-order valence-electron chi connectivity index (χ1n) is 7.07. The van der Waals surface area contributed by atoms with E-state index in [9.17, 15) is 8.42 Å². The smallest absolute Gasteiger partial charge is 0.240 e. The lowest BCUT2D eigenvalue weighted by molar-refractivity contribution is 0.0276. The average molecular weight is 314 g/mol. The highest BCUT2D eigenvalue weighted by Gasteiger charge is 2.23. The maximum Gasteiger partial charge on any atom is 0.240 e. The van der Waals surface area contributed by atoms with Crippen LogP contribution in [0.25, 0.3) is 0 Å². The highest BCUT2D eigenvalue weighted by Crippen LogP contribution is 2.18. The molecule has 0 heterocycles. The molecule has 120 valence electrons. The van der Waals surface area contributed by atoms with Crippen LogP contribution in [0.2, 0.25) is 0 Å². The van der Waals surface area contributed by atoms with Crippen molar-refractivity contribution in [1.82, 2.24) is 10.0 Å². The lowest BCUT2D eigenvalue weighted by Gasteiger charge is -2.23. The van der Waals surface area contributed by atoms with Gasteiger partial charge in [-0.15, -0.1) is 0 Å². The molecule has 0 aliphatic heterocycles. The standard InChI is InChI=1S/C15H26N2O3S/c1-6-16-10-13-8-7-12(2)14(9-13)21(18,19)17-11-15(3,4)20-5/h7-9,16-17H,6,10-11H2,1-5H3. The molecule has 0 saturated carbocycles. The third-order valence-corrected chi connectivity index (χ3v) is 4.90. The van der Waals surface area contributed by atoms with Gasteiger partial charge in [0.1, 0.15) is 0 Å². The molecule has 21 heavy (non-hydrogen) atoms. The molecule has 0 bridgehead atoms. The summed E-state index contributed by atoms with van der Waals surface area (Å²) >= 11 is 0. The van der Waals surface area contributed by atoms with Gasteiger partial charge in [0.2, 0.25) is 10.0 Å². The van der Waals surface area contributed by atoms with Crippen molar-refractivity contribution in [3.05, 3.63) is 29.3 Å². The Kier molecular flexibility index (Phi) is 6.34. The van der Waals surface area contributed by atoms with Crippen LogP contribution in [-0.2, 0) is 21.3 Å². The second kappa shape index (κ2) is 7.35. The molecule has 6 heteroatoms. The van der Waals surface area contributed by atoms with E-state index in [1.54, 1.807) is 20.1 Å². The zero-order valence-electron chi connectivity index (χ0n) is 13.5. The van der Waals surface area contributed by atoms with Crippen LogP contribution in [0.1, 0.15) is 31.9 Å². The minimum absolute atomic E-state index is 0.225. The lowest BCUT2D eigenvalue weighted by Crippen LogP contribution is -2.39. The van der Waals surface area contributed by atoms with Gasteiger partial charge >= 0.3 is 0 Å². The van der Waals surface area contributed by atoms with E-state index in [2.05, 4.69) is 10.0 Å². The monoisotopic (exact) mass is 314 g/mol. The maximum absolute atomic E-state index is 12.5. The molecule has 0 aliphatic rings. The zero-order chi connectivity index (χ0) is 16.1. The Hall–Kier alpha value is -0.950. The quantitative estimate of drug-likeness (QED) is 0.768. The topological polar surface area (TPSA) is 67.4 Å². The summed E-state index contributed by atoms with van der Waals surface area (Å²) in [7, 11) is -1.97. The van der Waals surface area contributed by atoms with Gasteiger partial charge in [0.05, 0.1) is 10.5 Å². The van der Waals surface area contributed by atoms with Crippen LogP contribution in [0.5, 0.6) is 0 Å². The van der Waals surface area contributed by atoms with E-state index in [1.165, 1.54) is 0 Å². The van der Waals surface area contributed by atoms with E-state index in [0.717, 1.165) is 17.7 Å². The Bertz CT molecular complexity index is 568. The molecule has 0 saturated heterocycles. The van der Waals surface area contributed by atoms with Gasteiger partial charge in [-0.2, -0.15) is 0 Å². The van der Waals surface area contributed by atoms with Crippen molar-refractivity contribution in [1.29, 1.82) is 0 Å². The molecule has 1 aromatic carbocycles. The lowest BCUT2D eigenvalue weighted by atomic mass is 10.1. The predicted molar refractivity (Wildman–Crippen MR) is 84.8 cm³/mol. The minimum atomic E-state index is -3.54. The first kappa shape index (κ1) is 18.1. The molecule has 0 aliphatic carbocycles. The molecule has 5 nitrogen and oxygen atoms in total. The highest BCUT2D eigenvalue weighted by atomic mass is 32.2. The van der Waals surface area contributed by atoms with E-state index >= 15 is 0 Å². The van der Waals surface area contributed by atoms with E-state index in [1.807, 2.05) is 32.9 Å². The van der Waals surface area contributed by atoms with Gasteiger partial charge in [0, 0.05) is 20.2 Å². The Morgan fingerprint density at radius 2 is 1.95 bits per heavy atom. The Morgan fingerprint density at radius 3 is 2.52 bits per heavy atom. The largest absolute Gasteiger partial charge is 0.377 e. The second-order valence-electron chi connectivity index (χ2n) is 5.67. The van der Waals surface area contributed by atoms with Crippen molar-refractivity contribution in [3.63, 3.8) is 0 Å². The first-order chi connectivity index (χ1) is 9.72. The van der Waals surface area contributed by atoms with Crippen LogP contribution in [0, 0.1) is 6.92 Å². The van der Waals surface area contributed by atoms with Gasteiger partial charge in [-0.1, -0.05) is 19.1 Å². The maximum atomic E-state index is 12.5. The molecular formula is C15H26N2O3S. The van der Waals surface area contributed by atoms with E-state index in [4.69, 9.17) is 4.74 Å². The van der Waals surface area contributed by atoms with Crippen molar-refractivity contribution in [3.8, 4) is 0 Å². The molecule has 1 aromatic rings. The van der Waals surface area contributed by atoms with E-state index < -0.39 is 15.6 Å². The Morgan fingerprint density at radius 1 is 1.29 bits per heavy atom. The summed E-state index contributed by atoms with van der Waals surface area (Å²) in [4.78, 5) is 0.324. The number of methoxy groups -OCH3 is 1. The fourth-order valence-corrected chi connectivity index (χ4v) is 3.22. The highest BCUT2D eigenvalue weighted by molar-refractivity contribution is 7.89. The summed E-state index contributed by atoms with van der Waals surface area (Å²) in [5.74, 6) is 0. The van der Waals surface area contributed by atoms with Crippen LogP contribution in [0.15, 0.2) is 23.1 Å². The van der Waals surface area contributed by atoms with Crippen molar-refractivity contribution in [2.45, 2.75) is 44.7 Å². The summed E-state index contributed by atoms with van der Waals surface area (Å²) in [5.41, 5.74) is 1.15. The second-order valence-corrected chi connectivity index (χ2v) is 7.40. The molecule has 0 radical (unpaired) electrons. The van der Waals surface area contributed by atoms with Crippen molar-refractivity contribution in [2.75, 3.05) is 20.2 Å². The van der Waals surface area contributed by atoms with E-state index in [-0.39, 0.29) is 6.54 Å². The SMILES string of the molecule is CCNCc1ccc(C)c(S(=O)(=O)NCC(C)(C)OC)c1. The van der Waals surface area contributed by atoms with Gasteiger partial charge in [0.25, 0.3) is 0 Å². The molecule has 0 unspecified atom stereocenters. The normalized spacial score (nSPS) is 12.6. The molecule has 0 spiro atoms. The number of hydrogen-bond acceptors (Lipinski definition) is 4. The van der Waals surface area contributed by atoms with Crippen molar-refractivity contribution in [2.24, 2.45) is 0 Å². The molecule has 0 fully saturated rings. The fraction of sp³-hybridized carbons (Fsp3) is 0.600. The third kappa shape index (κ3) is 5.39. The fourth-order valence-electron chi connectivity index (χ4n) is 1.73. The third-order valence-electron chi connectivity index (χ3n) is 3.36. The van der Waals surface area contributed by atoms with Crippen LogP contribution >= 0.6 is 0 Å². The number of hydrogen-bond donors (Lipinski definition) is 2. The van der Waals surface area contributed by atoms with Crippen molar-refractivity contribution >= 4 is 10.0 Å². The summed E-state index contributed by atoms with van der Waals surface area (Å²) < 4.78 is 32.8. The average Bonchev–Trinajstić information content (AvgIpc) is 2.44. The van der Waals surface area contributed by atoms with Gasteiger partial charge in [0.15, 0.2) is 0 Å². The van der Waals surface area contributed by atoms with Gasteiger partial charge in [-0.05, 0) is 44.5 Å². The number of rotatable bonds is 8. The molecular weight excluding hydrogens is 288 g/mol. The Labute approximate surface area is 128 Å². The van der Waals surface area contributed by atoms with Crippen LogP contribution < -0.4 is 10.0 Å². The molecule has 0 atom stereocenters. The summed E-state index contributed by atoms with van der Waals surface area (Å²) in [6, 6.07) is 5.50. The molecule has 0 amide bonds. The predicted octanol–water partition coefficient (Wildman–Crippen LogP) is 1.81. The Balaban J connectivity index is 2.96. The van der Waals surface area contributed by atoms with Gasteiger partial charge < -0.3 is 10.1 Å². The molecule has 2 N–H and O–H groups in total. The number of benzene rings is 1. The molecule has 1 rings (SSSR count). The van der Waals surface area contributed by atoms with E-state index in [0.29, 0.717) is 11.4 Å². The summed E-state index contributed by atoms with van der Waals surface area (Å²) in [6.45, 7) is 9.21. The number of ether oxygens (including phenoxy) is 1. The summed E-state index contributed by atoms with van der Waals surface area (Å²) in [5, 5.41) is 3.19. The molecule has 0 aromatic heterocycles. The van der Waals surface area contributed by atoms with Crippen LogP contribution in [0.4, 0.5) is 0 Å². The van der Waals surface area contributed by atoms with Crippen LogP contribution in [0.3, 0.4) is 0 Å². The van der Waals surface area contributed by atoms with Gasteiger partial charge in [-0.3, -0.25) is 0 Å². The number of aryl methyl sites for hydroxylation is 1. The van der Waals surface area contributed by atoms with Crippen molar-refractivity contribution < 1.29 is 13.2 Å². The zero-order valence-corrected chi connectivity index (χ0v) is 14.3. The van der Waals surface area contributed by atoms with Crippen LogP contribution in [-0.4, -0.2) is 34.2 Å². The first-order valence-corrected chi connectivity index (χ1v) is 8.55. The summed E-state index contributed by atoms with van der Waals surface area (Å²) in [6.07, 6.45) is 0.